The van der Waals surface area contributed by atoms with E-state index in [0.717, 1.165) is 98.6 Å². The predicted octanol–water partition coefficient (Wildman–Crippen LogP) is 19.9. The van der Waals surface area contributed by atoms with Crippen molar-refractivity contribution in [2.45, 2.75) is 113 Å². The first-order valence-corrected chi connectivity index (χ1v) is 28.0. The molecule has 4 fully saturated rings. The molecule has 0 radical (unpaired) electrons. The van der Waals surface area contributed by atoms with E-state index in [4.69, 9.17) is 0 Å². The van der Waals surface area contributed by atoms with E-state index in [0.29, 0.717) is 135 Å². The summed E-state index contributed by atoms with van der Waals surface area (Å²) in [6, 6.07) is 21.7. The van der Waals surface area contributed by atoms with Gasteiger partial charge in [0.15, 0.2) is 0 Å². The van der Waals surface area contributed by atoms with Gasteiger partial charge in [0.05, 0.1) is 78.6 Å². The minimum absolute atomic E-state index is 0.00838. The van der Waals surface area contributed by atoms with Crippen LogP contribution in [-0.4, -0.2) is 8.80 Å². The Morgan fingerprint density at radius 2 is 0.659 bits per heavy atom. The van der Waals surface area contributed by atoms with Gasteiger partial charge in [0, 0.05) is 54.2 Å². The summed E-state index contributed by atoms with van der Waals surface area (Å²) in [5, 5.41) is 25.6. The molecular formula is C66H42F12N4. The largest absolute Gasteiger partial charge is 0.417 e. The van der Waals surface area contributed by atoms with Crippen LogP contribution in [0.3, 0.4) is 0 Å². The highest BCUT2D eigenvalue weighted by molar-refractivity contribution is 6.31. The van der Waals surface area contributed by atoms with Gasteiger partial charge in [-0.3, -0.25) is 0 Å². The summed E-state index contributed by atoms with van der Waals surface area (Å²) in [5.41, 5.74) is -1.51. The van der Waals surface area contributed by atoms with Crippen molar-refractivity contribution in [3.63, 3.8) is 0 Å². The van der Waals surface area contributed by atoms with E-state index in [2.05, 4.69) is 12.1 Å². The lowest BCUT2D eigenvalue weighted by atomic mass is 9.67. The monoisotopic (exact) mass is 1120 g/mol. The van der Waals surface area contributed by atoms with E-state index >= 15 is 52.7 Å². The molecule has 0 aliphatic heterocycles. The zero-order chi connectivity index (χ0) is 56.3. The van der Waals surface area contributed by atoms with Crippen molar-refractivity contribution in [3.8, 4) is 34.4 Å². The molecule has 4 aromatic heterocycles. The average molecular weight is 1120 g/mol. The Hall–Kier alpha value is -7.72. The van der Waals surface area contributed by atoms with E-state index in [1.165, 1.54) is 24.3 Å². The van der Waals surface area contributed by atoms with Crippen LogP contribution in [0.1, 0.15) is 144 Å². The molecule has 82 heavy (non-hydrogen) atoms. The van der Waals surface area contributed by atoms with Gasteiger partial charge in [-0.1, -0.05) is 12.1 Å². The number of alkyl halides is 12. The highest BCUT2D eigenvalue weighted by Gasteiger charge is 2.48. The van der Waals surface area contributed by atoms with Crippen LogP contribution in [0.4, 0.5) is 52.7 Å². The molecular weight excluding hydrogens is 1080 g/mol. The van der Waals surface area contributed by atoms with Gasteiger partial charge in [0.25, 0.3) is 0 Å². The van der Waals surface area contributed by atoms with Crippen LogP contribution in [0.25, 0.3) is 98.4 Å². The fraction of sp³-hybridized carbons (Fsp3) is 0.333. The van der Waals surface area contributed by atoms with Crippen molar-refractivity contribution in [1.82, 2.24) is 8.80 Å². The number of halogens is 12. The first kappa shape index (κ1) is 48.9. The standard InChI is InChI=1S/C66H42F12N4/c67-63(68,69)45-3-1-4-46(64(70,71)72)55(45)35-17-41-39-23-50-40(24-49(39)81-51-21-37(25-79)53-31-9-27-7-28(10-31)14-33(13-27)57(53)59(51)43(19-35)61(41)81)42-18-36(56-47(65(73,74)75)5-2-6-48(56)66(76,77)78)20-44-60-52(82(50)62(42)44)22-38(26-80)54-32-11-29-8-30(12-32)16-34(15-29)58(54)60/h1-6,17-24,27-34H,7-16H2. The Bertz CT molecular complexity index is 4410. The Morgan fingerprint density at radius 1 is 0.354 bits per heavy atom. The van der Waals surface area contributed by atoms with Gasteiger partial charge in [-0.15, -0.1) is 0 Å². The highest BCUT2D eigenvalue weighted by Crippen LogP contribution is 2.63. The number of hydrogen-bond donors (Lipinski definition) is 0. The number of hydrogen-bond acceptors (Lipinski definition) is 2. The summed E-state index contributed by atoms with van der Waals surface area (Å²) in [4.78, 5) is 0. The first-order valence-electron chi connectivity index (χ1n) is 28.0. The van der Waals surface area contributed by atoms with E-state index in [1.807, 2.05) is 8.80 Å². The van der Waals surface area contributed by atoms with E-state index < -0.39 is 58.1 Å². The molecule has 4 nitrogen and oxygen atoms in total. The third kappa shape index (κ3) is 6.36. The average Bonchev–Trinajstić information content (AvgIpc) is 1.70. The quantitative estimate of drug-likeness (QED) is 0.162. The van der Waals surface area contributed by atoms with Crippen LogP contribution in [0.5, 0.6) is 0 Å². The minimum atomic E-state index is -5.22. The van der Waals surface area contributed by atoms with Gasteiger partial charge < -0.3 is 8.80 Å². The number of nitriles is 2. The molecule has 7 aromatic carbocycles. The summed E-state index contributed by atoms with van der Waals surface area (Å²) in [5.74, 6) is 1.35. The van der Waals surface area contributed by atoms with E-state index in [9.17, 15) is 10.5 Å². The van der Waals surface area contributed by atoms with Crippen molar-refractivity contribution in [2.75, 3.05) is 0 Å². The predicted molar refractivity (Wildman–Crippen MR) is 287 cm³/mol. The third-order valence-corrected chi connectivity index (χ3v) is 20.7. The van der Waals surface area contributed by atoms with Crippen LogP contribution >= 0.6 is 0 Å². The van der Waals surface area contributed by atoms with Gasteiger partial charge >= 0.3 is 24.7 Å². The Morgan fingerprint density at radius 3 is 0.963 bits per heavy atom. The van der Waals surface area contributed by atoms with Crippen molar-refractivity contribution < 1.29 is 52.7 Å². The third-order valence-electron chi connectivity index (χ3n) is 20.7. The molecule has 0 N–H and O–H groups in total. The van der Waals surface area contributed by atoms with Crippen LogP contribution in [0, 0.1) is 46.3 Å². The van der Waals surface area contributed by atoms with Gasteiger partial charge in [-0.2, -0.15) is 63.2 Å². The summed E-state index contributed by atoms with van der Waals surface area (Å²) < 4.78 is 187. The number of rotatable bonds is 2. The molecule has 16 heteroatoms. The van der Waals surface area contributed by atoms with E-state index in [-0.39, 0.29) is 34.8 Å². The maximum atomic E-state index is 15.3. The van der Waals surface area contributed by atoms with Crippen LogP contribution in [0.15, 0.2) is 84.9 Å². The van der Waals surface area contributed by atoms with Crippen LogP contribution in [-0.2, 0) is 24.7 Å². The van der Waals surface area contributed by atoms with Crippen LogP contribution in [0.2, 0.25) is 0 Å². The normalized spacial score (nSPS) is 24.3. The molecule has 4 atom stereocenters. The lowest BCUT2D eigenvalue weighted by Crippen LogP contribution is -2.25. The fourth-order valence-electron chi connectivity index (χ4n) is 18.5. The molecule has 0 saturated heterocycles. The number of fused-ring (bicyclic) bond motifs is 12. The molecule has 0 amide bonds. The molecule has 19 rings (SSSR count). The van der Waals surface area contributed by atoms with E-state index in [1.54, 1.807) is 24.3 Å². The van der Waals surface area contributed by atoms with Crippen molar-refractivity contribution in [3.05, 3.63) is 141 Å². The molecule has 11 aromatic rings. The van der Waals surface area contributed by atoms with Crippen molar-refractivity contribution in [2.24, 2.45) is 23.7 Å². The summed E-state index contributed by atoms with van der Waals surface area (Å²) in [6.07, 6.45) is -12.2. The number of benzene rings is 7. The number of nitrogens with zero attached hydrogens (tertiary/aromatic N) is 4. The second kappa shape index (κ2) is 15.7. The topological polar surface area (TPSA) is 56.4 Å². The Labute approximate surface area is 457 Å². The van der Waals surface area contributed by atoms with Gasteiger partial charge in [-0.05, 0) is 218 Å². The maximum Gasteiger partial charge on any atom is 0.417 e. The lowest BCUT2D eigenvalue weighted by Gasteiger charge is -2.38. The van der Waals surface area contributed by atoms with Crippen molar-refractivity contribution in [1.29, 1.82) is 10.5 Å². The number of aromatic nitrogens is 2. The Balaban J connectivity index is 1.07. The molecule has 8 aliphatic rings. The second-order valence-electron chi connectivity index (χ2n) is 25.0. The highest BCUT2D eigenvalue weighted by atomic mass is 19.4. The van der Waals surface area contributed by atoms with Crippen LogP contribution < -0.4 is 0 Å². The minimum Gasteiger partial charge on any atom is -0.308 e. The summed E-state index contributed by atoms with van der Waals surface area (Å²) >= 11 is 0. The fourth-order valence-corrected chi connectivity index (χ4v) is 18.5. The molecule has 8 bridgehead atoms. The second-order valence-corrected chi connectivity index (χ2v) is 25.0. The smallest absolute Gasteiger partial charge is 0.308 e. The SMILES string of the molecule is N#Cc1cc2c(c3c1C1CC4CC(C1)CC3C4)c1cc(-c3c(C(F)(F)F)cccc3C(F)(F)F)cc3c4cc5c(cc4n2c31)c1cc(-c2c(C(F)(F)F)cccc2C(F)(F)F)cc2c3c4c(c(C#N)cc3n5c12)C1CC2CC(C1)CC4C2. The zero-order valence-electron chi connectivity index (χ0n) is 43.1. The first-order chi connectivity index (χ1) is 39.0. The molecule has 4 saturated carbocycles. The van der Waals surface area contributed by atoms with Gasteiger partial charge in [0.1, 0.15) is 0 Å². The molecule has 410 valence electrons. The molecule has 4 heterocycles. The lowest BCUT2D eigenvalue weighted by molar-refractivity contribution is -0.143. The summed E-state index contributed by atoms with van der Waals surface area (Å²) in [6.45, 7) is 0. The zero-order valence-corrected chi connectivity index (χ0v) is 43.1. The molecule has 0 spiro atoms. The maximum absolute atomic E-state index is 15.3. The molecule has 8 aliphatic carbocycles. The van der Waals surface area contributed by atoms with Gasteiger partial charge in [-0.25, -0.2) is 0 Å². The molecule has 4 unspecified atom stereocenters. The summed E-state index contributed by atoms with van der Waals surface area (Å²) in [7, 11) is 0. The van der Waals surface area contributed by atoms with Crippen molar-refractivity contribution >= 4 is 76.2 Å². The Kier molecular flexibility index (Phi) is 9.36. The van der Waals surface area contributed by atoms with Gasteiger partial charge in [0.2, 0.25) is 0 Å².